The molecule has 1 aromatic heterocycles. The summed E-state index contributed by atoms with van der Waals surface area (Å²) in [4.78, 5) is 17.8. The number of hydrogen-bond donors (Lipinski definition) is 1. The first-order chi connectivity index (χ1) is 9.56. The number of fused-ring (bicyclic) bond motifs is 1. The van der Waals surface area contributed by atoms with E-state index in [-0.39, 0.29) is 5.56 Å². The fraction of sp³-hybridized carbons (Fsp3) is 0.467. The largest absolute Gasteiger partial charge is 0.478 e. The van der Waals surface area contributed by atoms with E-state index in [2.05, 4.69) is 35.3 Å². The number of aromatic carboxylic acids is 1. The van der Waals surface area contributed by atoms with E-state index in [0.717, 1.165) is 42.9 Å². The monoisotopic (exact) mass is 275 g/mol. The van der Waals surface area contributed by atoms with Crippen molar-refractivity contribution in [2.75, 3.05) is 20.1 Å². The van der Waals surface area contributed by atoms with Gasteiger partial charge in [-0.3, -0.25) is 0 Å². The van der Waals surface area contributed by atoms with Crippen LogP contribution in [0.4, 0.5) is 0 Å². The highest BCUT2D eigenvalue weighted by Crippen LogP contribution is 2.18. The van der Waals surface area contributed by atoms with Gasteiger partial charge in [-0.05, 0) is 31.8 Å². The molecule has 20 heavy (non-hydrogen) atoms. The van der Waals surface area contributed by atoms with E-state index in [1.165, 1.54) is 0 Å². The zero-order chi connectivity index (χ0) is 14.7. The minimum Gasteiger partial charge on any atom is -0.478 e. The fourth-order valence-electron chi connectivity index (χ4n) is 2.26. The lowest BCUT2D eigenvalue weighted by atomic mass is 10.2. The number of aryl methyl sites for hydroxylation is 1. The third-order valence-corrected chi connectivity index (χ3v) is 3.64. The zero-order valence-electron chi connectivity index (χ0n) is 12.3. The van der Waals surface area contributed by atoms with Crippen LogP contribution < -0.4 is 0 Å². The van der Waals surface area contributed by atoms with E-state index in [1.807, 2.05) is 6.07 Å². The molecule has 0 aliphatic carbocycles. The third-order valence-electron chi connectivity index (χ3n) is 3.64. The molecule has 5 heteroatoms. The summed E-state index contributed by atoms with van der Waals surface area (Å²) in [6.07, 6.45) is 0.840. The second-order valence-corrected chi connectivity index (χ2v) is 4.94. The molecule has 2 rings (SSSR count). The van der Waals surface area contributed by atoms with Crippen molar-refractivity contribution in [3.63, 3.8) is 0 Å². The Labute approximate surface area is 118 Å². The molecule has 5 nitrogen and oxygen atoms in total. The molecule has 0 aliphatic heterocycles. The van der Waals surface area contributed by atoms with Crippen LogP contribution in [-0.2, 0) is 13.0 Å². The predicted octanol–water partition coefficient (Wildman–Crippen LogP) is 2.25. The van der Waals surface area contributed by atoms with Crippen molar-refractivity contribution in [2.24, 2.45) is 0 Å². The Morgan fingerprint density at radius 3 is 2.75 bits per heavy atom. The molecule has 0 bridgehead atoms. The Morgan fingerprint density at radius 1 is 1.40 bits per heavy atom. The molecule has 0 spiro atoms. The van der Waals surface area contributed by atoms with Gasteiger partial charge in [-0.1, -0.05) is 13.8 Å². The van der Waals surface area contributed by atoms with Gasteiger partial charge in [0, 0.05) is 19.5 Å². The van der Waals surface area contributed by atoms with Crippen molar-refractivity contribution in [1.29, 1.82) is 0 Å². The number of imidazole rings is 1. The van der Waals surface area contributed by atoms with E-state index in [9.17, 15) is 4.79 Å². The Balaban J connectivity index is 2.39. The number of carboxylic acid groups (broad SMARTS) is 1. The average Bonchev–Trinajstić information content (AvgIpc) is 2.81. The van der Waals surface area contributed by atoms with Crippen LogP contribution in [0.1, 0.15) is 30.0 Å². The first kappa shape index (κ1) is 14.5. The van der Waals surface area contributed by atoms with Crippen molar-refractivity contribution >= 4 is 17.0 Å². The maximum Gasteiger partial charge on any atom is 0.335 e. The number of nitrogens with zero attached hydrogens (tertiary/aromatic N) is 3. The first-order valence-corrected chi connectivity index (χ1v) is 6.97. The second kappa shape index (κ2) is 6.05. The highest BCUT2D eigenvalue weighted by Gasteiger charge is 2.12. The Hall–Kier alpha value is -1.88. The van der Waals surface area contributed by atoms with Crippen molar-refractivity contribution < 1.29 is 9.90 Å². The molecular formula is C15H21N3O2. The highest BCUT2D eigenvalue weighted by molar-refractivity contribution is 5.92. The average molecular weight is 275 g/mol. The van der Waals surface area contributed by atoms with Crippen LogP contribution >= 0.6 is 0 Å². The molecule has 0 aliphatic rings. The molecule has 108 valence electrons. The van der Waals surface area contributed by atoms with Crippen LogP contribution in [0, 0.1) is 0 Å². The van der Waals surface area contributed by atoms with Crippen molar-refractivity contribution in [3.05, 3.63) is 29.6 Å². The van der Waals surface area contributed by atoms with Gasteiger partial charge in [-0.25, -0.2) is 9.78 Å². The lowest BCUT2D eigenvalue weighted by Crippen LogP contribution is -2.23. The smallest absolute Gasteiger partial charge is 0.335 e. The number of benzene rings is 1. The summed E-state index contributed by atoms with van der Waals surface area (Å²) < 4.78 is 2.19. The molecule has 0 atom stereocenters. The van der Waals surface area contributed by atoms with Gasteiger partial charge in [0.15, 0.2) is 0 Å². The Kier molecular flexibility index (Phi) is 4.39. The van der Waals surface area contributed by atoms with Gasteiger partial charge >= 0.3 is 5.97 Å². The van der Waals surface area contributed by atoms with Crippen LogP contribution in [0.15, 0.2) is 18.2 Å². The van der Waals surface area contributed by atoms with E-state index in [4.69, 9.17) is 5.11 Å². The fourth-order valence-corrected chi connectivity index (χ4v) is 2.26. The highest BCUT2D eigenvalue weighted by atomic mass is 16.4. The standard InChI is InChI=1S/C15H21N3O2/c1-4-14-16-12-10-11(15(19)20)6-7-13(12)18(14)9-8-17(3)5-2/h6-7,10H,4-5,8-9H2,1-3H3,(H,19,20). The van der Waals surface area contributed by atoms with Crippen molar-refractivity contribution in [2.45, 2.75) is 26.8 Å². The van der Waals surface area contributed by atoms with Crippen LogP contribution in [0.2, 0.25) is 0 Å². The maximum absolute atomic E-state index is 11.0. The lowest BCUT2D eigenvalue weighted by molar-refractivity contribution is 0.0697. The van der Waals surface area contributed by atoms with Gasteiger partial charge in [-0.2, -0.15) is 0 Å². The first-order valence-electron chi connectivity index (χ1n) is 6.97. The van der Waals surface area contributed by atoms with E-state index in [0.29, 0.717) is 0 Å². The molecule has 2 aromatic rings. The van der Waals surface area contributed by atoms with E-state index in [1.54, 1.807) is 12.1 Å². The minimum atomic E-state index is -0.912. The number of carbonyl (C=O) groups is 1. The number of rotatable bonds is 6. The van der Waals surface area contributed by atoms with Crippen molar-refractivity contribution in [3.8, 4) is 0 Å². The third kappa shape index (κ3) is 2.82. The van der Waals surface area contributed by atoms with E-state index < -0.39 is 5.97 Å². The summed E-state index contributed by atoms with van der Waals surface area (Å²) in [7, 11) is 2.09. The number of likely N-dealkylation sites (N-methyl/N-ethyl adjacent to an activating group) is 1. The summed E-state index contributed by atoms with van der Waals surface area (Å²) in [5.74, 6) is 0.0947. The van der Waals surface area contributed by atoms with Crippen LogP contribution in [0.5, 0.6) is 0 Å². The molecule has 0 saturated carbocycles. The second-order valence-electron chi connectivity index (χ2n) is 4.94. The Morgan fingerprint density at radius 2 is 2.15 bits per heavy atom. The molecule has 0 unspecified atom stereocenters. The van der Waals surface area contributed by atoms with Crippen LogP contribution in [0.25, 0.3) is 11.0 Å². The molecule has 0 radical (unpaired) electrons. The van der Waals surface area contributed by atoms with Gasteiger partial charge in [0.2, 0.25) is 0 Å². The molecule has 0 amide bonds. The summed E-state index contributed by atoms with van der Waals surface area (Å²) in [5.41, 5.74) is 2.06. The minimum absolute atomic E-state index is 0.287. The normalized spacial score (nSPS) is 11.4. The number of carboxylic acids is 1. The summed E-state index contributed by atoms with van der Waals surface area (Å²) >= 11 is 0. The van der Waals surface area contributed by atoms with Gasteiger partial charge in [0.25, 0.3) is 0 Å². The predicted molar refractivity (Wildman–Crippen MR) is 79.2 cm³/mol. The molecular weight excluding hydrogens is 254 g/mol. The quantitative estimate of drug-likeness (QED) is 0.878. The van der Waals surface area contributed by atoms with E-state index >= 15 is 0 Å². The summed E-state index contributed by atoms with van der Waals surface area (Å²) in [5, 5.41) is 9.04. The SMILES string of the molecule is CCc1nc2cc(C(=O)O)ccc2n1CCN(C)CC. The van der Waals surface area contributed by atoms with Crippen molar-refractivity contribution in [1.82, 2.24) is 14.5 Å². The van der Waals surface area contributed by atoms with Gasteiger partial charge in [-0.15, -0.1) is 0 Å². The van der Waals surface area contributed by atoms with Crippen LogP contribution in [0.3, 0.4) is 0 Å². The molecule has 1 aromatic carbocycles. The molecule has 1 heterocycles. The topological polar surface area (TPSA) is 58.4 Å². The van der Waals surface area contributed by atoms with Crippen LogP contribution in [-0.4, -0.2) is 45.7 Å². The lowest BCUT2D eigenvalue weighted by Gasteiger charge is -2.15. The number of aromatic nitrogens is 2. The maximum atomic E-state index is 11.0. The van der Waals surface area contributed by atoms with Gasteiger partial charge < -0.3 is 14.6 Å². The Bertz CT molecular complexity index is 619. The summed E-state index contributed by atoms with van der Waals surface area (Å²) in [6, 6.07) is 5.15. The molecule has 1 N–H and O–H groups in total. The van der Waals surface area contributed by atoms with Gasteiger partial charge in [0.05, 0.1) is 16.6 Å². The zero-order valence-corrected chi connectivity index (χ0v) is 12.3. The van der Waals surface area contributed by atoms with Gasteiger partial charge in [0.1, 0.15) is 5.82 Å². The molecule has 0 fully saturated rings. The summed E-state index contributed by atoms with van der Waals surface area (Å²) in [6.45, 7) is 7.04. The molecule has 0 saturated heterocycles. The number of hydrogen-bond acceptors (Lipinski definition) is 3.